The summed E-state index contributed by atoms with van der Waals surface area (Å²) in [6.45, 7) is 4.42. The third-order valence-electron chi connectivity index (χ3n) is 3.30. The van der Waals surface area contributed by atoms with E-state index in [2.05, 4.69) is 29.7 Å². The van der Waals surface area contributed by atoms with E-state index < -0.39 is 0 Å². The first kappa shape index (κ1) is 15.3. The van der Waals surface area contributed by atoms with Crippen LogP contribution in [0.15, 0.2) is 54.6 Å². The van der Waals surface area contributed by atoms with Crippen LogP contribution in [0.2, 0.25) is 0 Å². The van der Waals surface area contributed by atoms with Crippen LogP contribution in [0.25, 0.3) is 0 Å². The average molecular weight is 282 g/mol. The highest BCUT2D eigenvalue weighted by Crippen LogP contribution is 2.09. The van der Waals surface area contributed by atoms with Crippen LogP contribution in [0.4, 0.5) is 5.69 Å². The highest BCUT2D eigenvalue weighted by atomic mass is 16.1. The van der Waals surface area contributed by atoms with E-state index in [1.54, 1.807) is 0 Å². The molecule has 2 rings (SSSR count). The van der Waals surface area contributed by atoms with Gasteiger partial charge < -0.3 is 10.6 Å². The Morgan fingerprint density at radius 1 is 1.10 bits per heavy atom. The molecule has 0 saturated heterocycles. The summed E-state index contributed by atoms with van der Waals surface area (Å²) in [5.41, 5.74) is 3.26. The van der Waals surface area contributed by atoms with Crippen molar-refractivity contribution in [2.75, 3.05) is 11.9 Å². The normalized spacial score (nSPS) is 11.9. The number of nitrogens with one attached hydrogen (secondary N) is 2. The largest absolute Gasteiger partial charge is 0.325 e. The molecule has 0 aliphatic rings. The van der Waals surface area contributed by atoms with E-state index in [1.807, 2.05) is 49.4 Å². The fourth-order valence-electron chi connectivity index (χ4n) is 2.23. The van der Waals surface area contributed by atoms with Gasteiger partial charge in [0.15, 0.2) is 0 Å². The molecule has 0 aliphatic heterocycles. The highest BCUT2D eigenvalue weighted by molar-refractivity contribution is 5.92. The summed E-state index contributed by atoms with van der Waals surface area (Å²) in [7, 11) is 0. The number of anilines is 1. The maximum Gasteiger partial charge on any atom is 0.238 e. The molecule has 0 fully saturated rings. The van der Waals surface area contributed by atoms with E-state index in [-0.39, 0.29) is 11.9 Å². The minimum absolute atomic E-state index is 0.0134. The zero-order chi connectivity index (χ0) is 15.1. The smallest absolute Gasteiger partial charge is 0.238 e. The first-order valence-electron chi connectivity index (χ1n) is 7.27. The summed E-state index contributed by atoms with van der Waals surface area (Å²) in [6.07, 6.45) is 0.915. The van der Waals surface area contributed by atoms with Gasteiger partial charge in [0.1, 0.15) is 0 Å². The van der Waals surface area contributed by atoms with Crippen LogP contribution in [0.3, 0.4) is 0 Å². The van der Waals surface area contributed by atoms with E-state index in [1.165, 1.54) is 5.56 Å². The van der Waals surface area contributed by atoms with Crippen LogP contribution in [0.1, 0.15) is 18.1 Å². The fourth-order valence-corrected chi connectivity index (χ4v) is 2.23. The van der Waals surface area contributed by atoms with Crippen molar-refractivity contribution in [2.24, 2.45) is 0 Å². The Balaban J connectivity index is 1.76. The van der Waals surface area contributed by atoms with Gasteiger partial charge in [0.05, 0.1) is 6.54 Å². The van der Waals surface area contributed by atoms with E-state index in [0.29, 0.717) is 6.54 Å². The lowest BCUT2D eigenvalue weighted by Crippen LogP contribution is -2.35. The van der Waals surface area contributed by atoms with Crippen molar-refractivity contribution >= 4 is 11.6 Å². The van der Waals surface area contributed by atoms with E-state index >= 15 is 0 Å². The molecule has 0 bridgehead atoms. The van der Waals surface area contributed by atoms with Gasteiger partial charge in [0, 0.05) is 11.7 Å². The number of aryl methyl sites for hydroxylation is 1. The van der Waals surface area contributed by atoms with Crippen molar-refractivity contribution in [2.45, 2.75) is 26.3 Å². The third kappa shape index (κ3) is 5.40. The molecule has 0 saturated carbocycles. The number of benzene rings is 2. The molecule has 1 atom stereocenters. The molecule has 2 N–H and O–H groups in total. The molecular formula is C18H22N2O. The Kier molecular flexibility index (Phi) is 5.52. The van der Waals surface area contributed by atoms with E-state index in [9.17, 15) is 4.79 Å². The number of amides is 1. The van der Waals surface area contributed by atoms with Crippen LogP contribution in [-0.2, 0) is 11.2 Å². The predicted octanol–water partition coefficient (Wildman–Crippen LogP) is 3.15. The topological polar surface area (TPSA) is 41.1 Å². The summed E-state index contributed by atoms with van der Waals surface area (Å²) in [6, 6.07) is 18.4. The molecule has 0 aliphatic carbocycles. The van der Waals surface area contributed by atoms with Crippen molar-refractivity contribution in [3.8, 4) is 0 Å². The van der Waals surface area contributed by atoms with Crippen molar-refractivity contribution in [1.82, 2.24) is 5.32 Å². The van der Waals surface area contributed by atoms with Crippen molar-refractivity contribution < 1.29 is 4.79 Å². The molecule has 2 aromatic carbocycles. The molecular weight excluding hydrogens is 260 g/mol. The van der Waals surface area contributed by atoms with Gasteiger partial charge in [-0.3, -0.25) is 4.79 Å². The zero-order valence-corrected chi connectivity index (χ0v) is 12.6. The molecule has 3 heteroatoms. The summed E-state index contributed by atoms with van der Waals surface area (Å²) in [5, 5.41) is 6.15. The molecule has 1 amide bonds. The monoisotopic (exact) mass is 282 g/mol. The van der Waals surface area contributed by atoms with Crippen LogP contribution >= 0.6 is 0 Å². The number of hydrogen-bond donors (Lipinski definition) is 2. The first-order valence-corrected chi connectivity index (χ1v) is 7.27. The predicted molar refractivity (Wildman–Crippen MR) is 87.4 cm³/mol. The lowest BCUT2D eigenvalue weighted by Gasteiger charge is -2.14. The second-order valence-electron chi connectivity index (χ2n) is 5.39. The fraction of sp³-hybridized carbons (Fsp3) is 0.278. The number of carbonyl (C=O) groups excluding carboxylic acids is 1. The summed E-state index contributed by atoms with van der Waals surface area (Å²) >= 11 is 0. The Bertz CT molecular complexity index is 581. The number of carbonyl (C=O) groups is 1. The third-order valence-corrected chi connectivity index (χ3v) is 3.30. The van der Waals surface area contributed by atoms with Gasteiger partial charge >= 0.3 is 0 Å². The van der Waals surface area contributed by atoms with Crippen LogP contribution in [-0.4, -0.2) is 18.5 Å². The van der Waals surface area contributed by atoms with Gasteiger partial charge in [-0.2, -0.15) is 0 Å². The minimum Gasteiger partial charge on any atom is -0.325 e. The summed E-state index contributed by atoms with van der Waals surface area (Å²) in [5.74, 6) is -0.0134. The average Bonchev–Trinajstić information content (AvgIpc) is 2.46. The van der Waals surface area contributed by atoms with Crippen LogP contribution in [0, 0.1) is 6.92 Å². The minimum atomic E-state index is -0.0134. The number of hydrogen-bond acceptors (Lipinski definition) is 2. The van der Waals surface area contributed by atoms with Gasteiger partial charge in [0.2, 0.25) is 5.91 Å². The molecule has 1 unspecified atom stereocenters. The number of rotatable bonds is 6. The standard InChI is InChI=1S/C18H22N2O/c1-14-7-6-10-17(11-14)20-18(21)13-19-15(2)12-16-8-4-3-5-9-16/h3-11,15,19H,12-13H2,1-2H3,(H,20,21). The van der Waals surface area contributed by atoms with Gasteiger partial charge in [-0.25, -0.2) is 0 Å². The summed E-state index contributed by atoms with van der Waals surface area (Å²) < 4.78 is 0. The molecule has 2 aromatic rings. The van der Waals surface area contributed by atoms with Crippen LogP contribution in [0.5, 0.6) is 0 Å². The Labute approximate surface area is 126 Å². The maximum absolute atomic E-state index is 11.9. The lowest BCUT2D eigenvalue weighted by atomic mass is 10.1. The van der Waals surface area contributed by atoms with Crippen molar-refractivity contribution in [3.05, 3.63) is 65.7 Å². The zero-order valence-electron chi connectivity index (χ0n) is 12.6. The molecule has 0 heterocycles. The quantitative estimate of drug-likeness (QED) is 0.854. The van der Waals surface area contributed by atoms with Gasteiger partial charge in [0.25, 0.3) is 0 Å². The molecule has 3 nitrogen and oxygen atoms in total. The maximum atomic E-state index is 11.9. The van der Waals surface area contributed by atoms with Crippen molar-refractivity contribution in [3.63, 3.8) is 0 Å². The lowest BCUT2D eigenvalue weighted by molar-refractivity contribution is -0.115. The Morgan fingerprint density at radius 3 is 2.57 bits per heavy atom. The van der Waals surface area contributed by atoms with Crippen LogP contribution < -0.4 is 10.6 Å². The van der Waals surface area contributed by atoms with E-state index in [0.717, 1.165) is 17.7 Å². The Morgan fingerprint density at radius 2 is 1.86 bits per heavy atom. The van der Waals surface area contributed by atoms with Gasteiger partial charge in [-0.05, 0) is 43.5 Å². The van der Waals surface area contributed by atoms with E-state index in [4.69, 9.17) is 0 Å². The molecule has 21 heavy (non-hydrogen) atoms. The van der Waals surface area contributed by atoms with Gasteiger partial charge in [-0.1, -0.05) is 42.5 Å². The first-order chi connectivity index (χ1) is 10.1. The second kappa shape index (κ2) is 7.60. The summed E-state index contributed by atoms with van der Waals surface area (Å²) in [4.78, 5) is 11.9. The molecule has 0 aromatic heterocycles. The second-order valence-corrected chi connectivity index (χ2v) is 5.39. The van der Waals surface area contributed by atoms with Gasteiger partial charge in [-0.15, -0.1) is 0 Å². The van der Waals surface area contributed by atoms with Crippen molar-refractivity contribution in [1.29, 1.82) is 0 Å². The highest BCUT2D eigenvalue weighted by Gasteiger charge is 2.06. The molecule has 0 radical (unpaired) electrons. The molecule has 0 spiro atoms. The molecule has 110 valence electrons. The Hall–Kier alpha value is -2.13. The SMILES string of the molecule is Cc1cccc(NC(=O)CNC(C)Cc2ccccc2)c1.